The zero-order chi connectivity index (χ0) is 13.3. The summed E-state index contributed by atoms with van der Waals surface area (Å²) < 4.78 is 0. The quantitative estimate of drug-likeness (QED) is 0.853. The molecule has 1 saturated heterocycles. The minimum Gasteiger partial charge on any atom is -0.394 e. The van der Waals surface area contributed by atoms with E-state index in [1.807, 2.05) is 30.9 Å². The van der Waals surface area contributed by atoms with Gasteiger partial charge < -0.3 is 15.3 Å². The first kappa shape index (κ1) is 13.2. The van der Waals surface area contributed by atoms with Gasteiger partial charge in [-0.15, -0.1) is 0 Å². The van der Waals surface area contributed by atoms with Crippen LogP contribution in [0.4, 0.5) is 5.69 Å². The molecular formula is C13H17ClN2O2. The largest absolute Gasteiger partial charge is 0.394 e. The van der Waals surface area contributed by atoms with Crippen LogP contribution >= 0.6 is 11.6 Å². The minimum absolute atomic E-state index is 0.147. The highest BCUT2D eigenvalue weighted by atomic mass is 35.5. The van der Waals surface area contributed by atoms with E-state index in [9.17, 15) is 9.90 Å². The molecular weight excluding hydrogens is 252 g/mol. The van der Waals surface area contributed by atoms with Crippen LogP contribution in [-0.2, 0) is 4.79 Å². The number of carbonyl (C=O) groups is 1. The van der Waals surface area contributed by atoms with E-state index in [-0.39, 0.29) is 18.1 Å². The monoisotopic (exact) mass is 268 g/mol. The highest BCUT2D eigenvalue weighted by molar-refractivity contribution is 6.30. The number of hydrogen-bond acceptors (Lipinski definition) is 3. The van der Waals surface area contributed by atoms with E-state index in [1.165, 1.54) is 0 Å². The van der Waals surface area contributed by atoms with Crippen molar-refractivity contribution >= 4 is 23.2 Å². The fourth-order valence-corrected chi connectivity index (χ4v) is 2.47. The Hall–Kier alpha value is -1.26. The number of nitrogens with zero attached hydrogens (tertiary/aromatic N) is 1. The molecule has 1 aliphatic rings. The Morgan fingerprint density at radius 3 is 2.61 bits per heavy atom. The van der Waals surface area contributed by atoms with Crippen molar-refractivity contribution in [3.63, 3.8) is 0 Å². The predicted molar refractivity (Wildman–Crippen MR) is 71.9 cm³/mol. The number of amides is 1. The Labute approximate surface area is 112 Å². The van der Waals surface area contributed by atoms with Gasteiger partial charge in [0.05, 0.1) is 12.1 Å². The molecule has 2 rings (SSSR count). The zero-order valence-electron chi connectivity index (χ0n) is 10.5. The van der Waals surface area contributed by atoms with Crippen molar-refractivity contribution in [2.24, 2.45) is 0 Å². The second kappa shape index (κ2) is 4.78. The first-order valence-corrected chi connectivity index (χ1v) is 6.27. The zero-order valence-corrected chi connectivity index (χ0v) is 11.2. The predicted octanol–water partition coefficient (Wildman–Crippen LogP) is 1.42. The van der Waals surface area contributed by atoms with Crippen molar-refractivity contribution in [3.05, 3.63) is 29.3 Å². The first-order chi connectivity index (χ1) is 8.45. The minimum atomic E-state index is -0.560. The van der Waals surface area contributed by atoms with E-state index < -0.39 is 6.04 Å². The molecule has 1 amide bonds. The summed E-state index contributed by atoms with van der Waals surface area (Å²) in [4.78, 5) is 13.8. The maximum absolute atomic E-state index is 11.8. The molecule has 18 heavy (non-hydrogen) atoms. The molecule has 1 atom stereocenters. The summed E-state index contributed by atoms with van der Waals surface area (Å²) in [6, 6.07) is 6.74. The first-order valence-electron chi connectivity index (χ1n) is 5.89. The van der Waals surface area contributed by atoms with Gasteiger partial charge in [-0.1, -0.05) is 11.6 Å². The summed E-state index contributed by atoms with van der Waals surface area (Å²) in [5.74, 6) is -0.147. The van der Waals surface area contributed by atoms with Gasteiger partial charge in [0.1, 0.15) is 6.04 Å². The average Bonchev–Trinajstić information content (AvgIpc) is 2.33. The van der Waals surface area contributed by atoms with Crippen molar-refractivity contribution in [1.29, 1.82) is 0 Å². The van der Waals surface area contributed by atoms with Gasteiger partial charge in [0.25, 0.3) is 0 Å². The standard InChI is InChI=1S/C13H17ClN2O2/c1-13(2)8-15-12(18)11(7-17)16(13)10-5-3-9(14)4-6-10/h3-6,11,17H,7-8H2,1-2H3,(H,15,18). The van der Waals surface area contributed by atoms with E-state index in [0.717, 1.165) is 5.69 Å². The van der Waals surface area contributed by atoms with Crippen molar-refractivity contribution in [1.82, 2.24) is 5.32 Å². The molecule has 1 aromatic rings. The average molecular weight is 269 g/mol. The summed E-state index contributed by atoms with van der Waals surface area (Å²) in [6.45, 7) is 4.40. The Bertz CT molecular complexity index is 445. The number of rotatable bonds is 2. The maximum Gasteiger partial charge on any atom is 0.245 e. The fraction of sp³-hybridized carbons (Fsp3) is 0.462. The van der Waals surface area contributed by atoms with Crippen LogP contribution in [-0.4, -0.2) is 35.7 Å². The molecule has 1 aliphatic heterocycles. The summed E-state index contributed by atoms with van der Waals surface area (Å²) in [6.07, 6.45) is 0. The van der Waals surface area contributed by atoms with Crippen LogP contribution in [0.25, 0.3) is 0 Å². The highest BCUT2D eigenvalue weighted by Crippen LogP contribution is 2.29. The van der Waals surface area contributed by atoms with Gasteiger partial charge in [0.2, 0.25) is 5.91 Å². The van der Waals surface area contributed by atoms with Crippen LogP contribution in [0.3, 0.4) is 0 Å². The number of aliphatic hydroxyl groups excluding tert-OH is 1. The van der Waals surface area contributed by atoms with Crippen LogP contribution < -0.4 is 10.2 Å². The molecule has 1 fully saturated rings. The lowest BCUT2D eigenvalue weighted by Crippen LogP contribution is -2.67. The third-order valence-corrected chi connectivity index (χ3v) is 3.49. The normalized spacial score (nSPS) is 22.8. The van der Waals surface area contributed by atoms with E-state index in [4.69, 9.17) is 11.6 Å². The maximum atomic E-state index is 11.8. The molecule has 1 aromatic carbocycles. The van der Waals surface area contributed by atoms with Gasteiger partial charge in [-0.3, -0.25) is 4.79 Å². The lowest BCUT2D eigenvalue weighted by molar-refractivity contribution is -0.125. The molecule has 1 heterocycles. The Morgan fingerprint density at radius 2 is 2.06 bits per heavy atom. The smallest absolute Gasteiger partial charge is 0.245 e. The highest BCUT2D eigenvalue weighted by Gasteiger charge is 2.40. The van der Waals surface area contributed by atoms with Gasteiger partial charge in [0.15, 0.2) is 0 Å². The third kappa shape index (κ3) is 2.31. The molecule has 0 aromatic heterocycles. The van der Waals surface area contributed by atoms with Gasteiger partial charge in [-0.05, 0) is 38.1 Å². The molecule has 5 heteroatoms. The molecule has 1 unspecified atom stereocenters. The Kier molecular flexibility index (Phi) is 3.50. The number of halogens is 1. The van der Waals surface area contributed by atoms with Crippen LogP contribution in [0, 0.1) is 0 Å². The van der Waals surface area contributed by atoms with Crippen LogP contribution in [0.15, 0.2) is 24.3 Å². The van der Waals surface area contributed by atoms with Crippen LogP contribution in [0.1, 0.15) is 13.8 Å². The molecule has 0 spiro atoms. The SMILES string of the molecule is CC1(C)CNC(=O)C(CO)N1c1ccc(Cl)cc1. The number of hydrogen-bond donors (Lipinski definition) is 2. The number of nitrogens with one attached hydrogen (secondary N) is 1. The van der Waals surface area contributed by atoms with Crippen LogP contribution in [0.5, 0.6) is 0 Å². The van der Waals surface area contributed by atoms with Gasteiger partial charge >= 0.3 is 0 Å². The topological polar surface area (TPSA) is 52.6 Å². The number of aliphatic hydroxyl groups is 1. The summed E-state index contributed by atoms with van der Waals surface area (Å²) in [5, 5.41) is 12.9. The summed E-state index contributed by atoms with van der Waals surface area (Å²) in [7, 11) is 0. The number of piperazine rings is 1. The second-order valence-corrected chi connectivity index (χ2v) is 5.51. The molecule has 0 radical (unpaired) electrons. The second-order valence-electron chi connectivity index (χ2n) is 5.08. The summed E-state index contributed by atoms with van der Waals surface area (Å²) >= 11 is 5.87. The molecule has 2 N–H and O–H groups in total. The molecule has 0 aliphatic carbocycles. The molecule has 0 saturated carbocycles. The Morgan fingerprint density at radius 1 is 1.44 bits per heavy atom. The van der Waals surface area contributed by atoms with Gasteiger partial charge in [0, 0.05) is 17.3 Å². The van der Waals surface area contributed by atoms with Gasteiger partial charge in [-0.25, -0.2) is 0 Å². The summed E-state index contributed by atoms with van der Waals surface area (Å²) in [5.41, 5.74) is 0.632. The molecule has 0 bridgehead atoms. The van der Waals surface area contributed by atoms with Crippen LogP contribution in [0.2, 0.25) is 5.02 Å². The number of anilines is 1. The fourth-order valence-electron chi connectivity index (χ4n) is 2.34. The lowest BCUT2D eigenvalue weighted by atomic mass is 9.95. The third-order valence-electron chi connectivity index (χ3n) is 3.24. The van der Waals surface area contributed by atoms with Crippen molar-refractivity contribution in [2.45, 2.75) is 25.4 Å². The number of benzene rings is 1. The van der Waals surface area contributed by atoms with E-state index in [0.29, 0.717) is 11.6 Å². The van der Waals surface area contributed by atoms with E-state index in [2.05, 4.69) is 5.32 Å². The van der Waals surface area contributed by atoms with Crippen molar-refractivity contribution < 1.29 is 9.90 Å². The number of carbonyl (C=O) groups excluding carboxylic acids is 1. The lowest BCUT2D eigenvalue weighted by Gasteiger charge is -2.48. The Balaban J connectivity index is 2.41. The van der Waals surface area contributed by atoms with Gasteiger partial charge in [-0.2, -0.15) is 0 Å². The molecule has 98 valence electrons. The van der Waals surface area contributed by atoms with Crippen molar-refractivity contribution in [2.75, 3.05) is 18.1 Å². The van der Waals surface area contributed by atoms with E-state index >= 15 is 0 Å². The van der Waals surface area contributed by atoms with E-state index in [1.54, 1.807) is 12.1 Å². The molecule has 4 nitrogen and oxygen atoms in total. The van der Waals surface area contributed by atoms with Crippen molar-refractivity contribution in [3.8, 4) is 0 Å².